The number of benzene rings is 2. The van der Waals surface area contributed by atoms with Gasteiger partial charge in [-0.1, -0.05) is 18.1 Å². The average Bonchev–Trinajstić information content (AvgIpc) is 3.39. The molecule has 1 fully saturated rings. The Morgan fingerprint density at radius 1 is 1.14 bits per heavy atom. The number of β-amino-alcohol motifs (C(OH)–C–C–N with tert-alkyl or cyclic N) is 1. The van der Waals surface area contributed by atoms with Crippen LogP contribution >= 0.6 is 0 Å². The zero-order chi connectivity index (χ0) is 28.0. The summed E-state index contributed by atoms with van der Waals surface area (Å²) in [7, 11) is 0. The molecule has 1 saturated heterocycles. The zero-order valence-corrected chi connectivity index (χ0v) is 20.4. The molecule has 0 radical (unpaired) electrons. The van der Waals surface area contributed by atoms with Gasteiger partial charge in [-0.25, -0.2) is 15.0 Å². The van der Waals surface area contributed by atoms with Crippen molar-refractivity contribution in [1.82, 2.24) is 24.4 Å². The summed E-state index contributed by atoms with van der Waals surface area (Å²) >= 11 is 0. The number of carbonyl (C=O) groups excluding carboxylic acids is 1. The highest BCUT2D eigenvalue weighted by atomic mass is 16.3. The lowest BCUT2D eigenvalue weighted by molar-refractivity contribution is 0.0300. The lowest BCUT2D eigenvalue weighted by atomic mass is 9.93. The Hall–Kier alpha value is -4.22. The lowest BCUT2D eigenvalue weighted by Gasteiger charge is -2.44. The molecule has 4 aromatic rings. The van der Waals surface area contributed by atoms with Gasteiger partial charge in [-0.3, -0.25) is 4.79 Å². The summed E-state index contributed by atoms with van der Waals surface area (Å²) in [6, 6.07) is 10.2. The number of rotatable bonds is 2. The molecule has 184 valence electrons. The molecular weight excluding hydrogens is 464 g/mol. The van der Waals surface area contributed by atoms with Crippen LogP contribution in [0, 0.1) is 11.8 Å². The highest BCUT2D eigenvalue weighted by Crippen LogP contribution is 2.48. The number of hydrogen-bond acceptors (Lipinski definition) is 6. The fourth-order valence-corrected chi connectivity index (χ4v) is 5.92. The van der Waals surface area contributed by atoms with Gasteiger partial charge >= 0.3 is 0 Å². The molecule has 7 rings (SSSR count). The molecule has 5 heterocycles. The van der Waals surface area contributed by atoms with E-state index in [0.29, 0.717) is 47.9 Å². The normalized spacial score (nSPS) is 22.7. The maximum atomic E-state index is 13.7. The Morgan fingerprint density at radius 2 is 1.95 bits per heavy atom. The predicted octanol–water partition coefficient (Wildman–Crippen LogP) is 3.56. The van der Waals surface area contributed by atoms with E-state index in [2.05, 4.69) is 26.4 Å². The first-order chi connectivity index (χ1) is 19.1. The molecule has 2 aromatic carbocycles. The van der Waals surface area contributed by atoms with Crippen molar-refractivity contribution in [1.29, 1.82) is 0 Å². The number of imidazole rings is 1. The minimum Gasteiger partial charge on any atom is -0.386 e. The Morgan fingerprint density at radius 3 is 2.68 bits per heavy atom. The van der Waals surface area contributed by atoms with E-state index in [1.54, 1.807) is 38.4 Å². The van der Waals surface area contributed by atoms with Gasteiger partial charge in [-0.15, -0.1) is 5.92 Å². The Balaban J connectivity index is 1.37. The van der Waals surface area contributed by atoms with Crippen molar-refractivity contribution in [2.75, 3.05) is 25.0 Å². The van der Waals surface area contributed by atoms with Gasteiger partial charge in [0.1, 0.15) is 5.82 Å². The summed E-state index contributed by atoms with van der Waals surface area (Å²) in [4.78, 5) is 30.5. The van der Waals surface area contributed by atoms with E-state index >= 15 is 0 Å². The molecule has 0 aliphatic carbocycles. The largest absolute Gasteiger partial charge is 0.386 e. The molecule has 2 aromatic heterocycles. The van der Waals surface area contributed by atoms with E-state index in [1.165, 1.54) is 0 Å². The first-order valence-corrected chi connectivity index (χ1v) is 12.3. The highest BCUT2D eigenvalue weighted by molar-refractivity contribution is 5.98. The molecule has 0 spiro atoms. The zero-order valence-electron chi connectivity index (χ0n) is 23.4. The molecule has 0 saturated carbocycles. The van der Waals surface area contributed by atoms with Crippen LogP contribution in [0.4, 0.5) is 5.95 Å². The van der Waals surface area contributed by atoms with Crippen LogP contribution in [0.5, 0.6) is 0 Å². The predicted molar refractivity (Wildman–Crippen MR) is 140 cm³/mol. The summed E-state index contributed by atoms with van der Waals surface area (Å²) in [5, 5.41) is 10.0. The van der Waals surface area contributed by atoms with Gasteiger partial charge in [0.2, 0.25) is 5.95 Å². The smallest absolute Gasteiger partial charge is 0.254 e. The Labute approximate surface area is 218 Å². The molecule has 0 unspecified atom stereocenters. The van der Waals surface area contributed by atoms with E-state index in [4.69, 9.17) is 9.10 Å². The van der Waals surface area contributed by atoms with Gasteiger partial charge < -0.3 is 19.5 Å². The van der Waals surface area contributed by atoms with Crippen LogP contribution in [0.2, 0.25) is 0 Å². The number of amides is 1. The fourth-order valence-electron chi connectivity index (χ4n) is 5.92. The standard InChI is InChI=1S/C29H26N6O2/c1-4-6-17-7-5-8-20-25(17)23-12-24(33(3)27(20)36)26-32-21-10-9-18(11-22(21)35(23)26)19-13-30-28(31-14-19)34-15-29(2,37)16-34/h5,7-11,13-14,23-24,37H,12,15-16H2,1-3H3/t23-,24-/m1/s1/i3D3. The van der Waals surface area contributed by atoms with Crippen molar-refractivity contribution in [2.24, 2.45) is 0 Å². The third kappa shape index (κ3) is 3.20. The number of aliphatic hydroxyl groups is 1. The molecule has 1 amide bonds. The number of fused-ring (bicyclic) bond motifs is 9. The number of carbonyl (C=O) groups is 1. The van der Waals surface area contributed by atoms with Crippen molar-refractivity contribution >= 4 is 22.9 Å². The molecule has 37 heavy (non-hydrogen) atoms. The summed E-state index contributed by atoms with van der Waals surface area (Å²) in [6.07, 6.45) is 3.93. The first kappa shape index (κ1) is 19.0. The molecular formula is C29H26N6O2. The van der Waals surface area contributed by atoms with Crippen LogP contribution in [0.25, 0.3) is 22.2 Å². The molecule has 3 aliphatic heterocycles. The Kier molecular flexibility index (Phi) is 3.92. The van der Waals surface area contributed by atoms with Gasteiger partial charge in [-0.2, -0.15) is 0 Å². The van der Waals surface area contributed by atoms with E-state index in [1.807, 2.05) is 29.2 Å². The van der Waals surface area contributed by atoms with Crippen LogP contribution in [0.3, 0.4) is 0 Å². The van der Waals surface area contributed by atoms with Gasteiger partial charge in [0.15, 0.2) is 0 Å². The van der Waals surface area contributed by atoms with Crippen molar-refractivity contribution in [3.05, 3.63) is 71.3 Å². The van der Waals surface area contributed by atoms with Crippen molar-refractivity contribution in [3.8, 4) is 23.0 Å². The monoisotopic (exact) mass is 493 g/mol. The highest BCUT2D eigenvalue weighted by Gasteiger charge is 2.44. The third-order valence-electron chi connectivity index (χ3n) is 7.55. The van der Waals surface area contributed by atoms with Crippen molar-refractivity contribution in [2.45, 2.75) is 38.0 Å². The summed E-state index contributed by atoms with van der Waals surface area (Å²) in [5.41, 5.74) is 4.37. The molecule has 2 atom stereocenters. The van der Waals surface area contributed by atoms with Gasteiger partial charge in [-0.05, 0) is 43.7 Å². The van der Waals surface area contributed by atoms with Crippen LogP contribution in [0.1, 0.15) is 63.8 Å². The first-order valence-electron chi connectivity index (χ1n) is 13.8. The second-order valence-corrected chi connectivity index (χ2v) is 10.3. The molecule has 3 aliphatic rings. The number of anilines is 1. The van der Waals surface area contributed by atoms with Crippen molar-refractivity contribution in [3.63, 3.8) is 0 Å². The molecule has 2 bridgehead atoms. The second-order valence-electron chi connectivity index (χ2n) is 10.3. The molecule has 8 heteroatoms. The van der Waals surface area contributed by atoms with Crippen LogP contribution in [0.15, 0.2) is 48.8 Å². The van der Waals surface area contributed by atoms with E-state index in [0.717, 1.165) is 27.1 Å². The number of aromatic nitrogens is 4. The summed E-state index contributed by atoms with van der Waals surface area (Å²) < 4.78 is 26.8. The number of nitrogens with zero attached hydrogens (tertiary/aromatic N) is 6. The van der Waals surface area contributed by atoms with E-state index in [-0.39, 0.29) is 6.04 Å². The summed E-state index contributed by atoms with van der Waals surface area (Å²) in [6.45, 7) is 1.88. The average molecular weight is 494 g/mol. The fraction of sp³-hybridized carbons (Fsp3) is 0.310. The third-order valence-corrected chi connectivity index (χ3v) is 7.55. The van der Waals surface area contributed by atoms with Crippen molar-refractivity contribution < 1.29 is 14.0 Å². The van der Waals surface area contributed by atoms with Crippen LogP contribution < -0.4 is 4.90 Å². The SMILES string of the molecule is [2H]C([2H])([2H])N1C(=O)c2cccc(C#CC)c2[C@H]2C[C@@H]1c1nc3ccc(-c4cnc(N5CC(C)(O)C5)nc4)cc3n12. The second kappa shape index (κ2) is 7.64. The number of hydrogen-bond donors (Lipinski definition) is 1. The van der Waals surface area contributed by atoms with Gasteiger partial charge in [0, 0.05) is 52.2 Å². The maximum Gasteiger partial charge on any atom is 0.254 e. The molecule has 1 N–H and O–H groups in total. The minimum atomic E-state index is -2.64. The topological polar surface area (TPSA) is 87.4 Å². The molecule has 8 nitrogen and oxygen atoms in total. The van der Waals surface area contributed by atoms with Gasteiger partial charge in [0.05, 0.1) is 41.8 Å². The van der Waals surface area contributed by atoms with E-state index < -0.39 is 24.5 Å². The quantitative estimate of drug-likeness (QED) is 0.430. The maximum absolute atomic E-state index is 13.7. The van der Waals surface area contributed by atoms with Crippen LogP contribution in [-0.4, -0.2) is 61.1 Å². The minimum absolute atomic E-state index is 0.304. The van der Waals surface area contributed by atoms with Gasteiger partial charge in [0.25, 0.3) is 5.91 Å². The van der Waals surface area contributed by atoms with E-state index in [9.17, 15) is 9.90 Å². The Bertz CT molecular complexity index is 1760. The summed E-state index contributed by atoms with van der Waals surface area (Å²) in [5.74, 6) is 6.67. The lowest BCUT2D eigenvalue weighted by Crippen LogP contribution is -2.60. The van der Waals surface area contributed by atoms with Crippen LogP contribution in [-0.2, 0) is 0 Å².